The molecule has 3 heterocycles. The van der Waals surface area contributed by atoms with Gasteiger partial charge in [-0.1, -0.05) is 20.8 Å². The van der Waals surface area contributed by atoms with Crippen molar-refractivity contribution < 1.29 is 9.90 Å². The molecule has 3 rings (SSSR count). The summed E-state index contributed by atoms with van der Waals surface area (Å²) in [5, 5.41) is 22.0. The van der Waals surface area contributed by atoms with Crippen LogP contribution in [0.3, 0.4) is 0 Å². The van der Waals surface area contributed by atoms with Crippen LogP contribution in [-0.2, 0) is 10.2 Å². The lowest BCUT2D eigenvalue weighted by Crippen LogP contribution is -2.25. The molecule has 0 spiro atoms. The number of rotatable bonds is 2. The van der Waals surface area contributed by atoms with Crippen molar-refractivity contribution in [3.05, 3.63) is 18.0 Å². The van der Waals surface area contributed by atoms with E-state index in [9.17, 15) is 4.79 Å². The monoisotopic (exact) mass is 289 g/mol. The summed E-state index contributed by atoms with van der Waals surface area (Å²) in [4.78, 5) is 13.1. The van der Waals surface area contributed by atoms with Gasteiger partial charge >= 0.3 is 5.97 Å². The van der Waals surface area contributed by atoms with Gasteiger partial charge in [-0.05, 0) is 18.6 Å². The lowest BCUT2D eigenvalue weighted by molar-refractivity contribution is -0.140. The molecule has 0 bridgehead atoms. The van der Waals surface area contributed by atoms with Gasteiger partial charge in [0, 0.05) is 18.5 Å². The lowest BCUT2D eigenvalue weighted by Gasteiger charge is -2.18. The van der Waals surface area contributed by atoms with Crippen molar-refractivity contribution in [3.8, 4) is 0 Å². The first-order valence-electron chi connectivity index (χ1n) is 7.07. The van der Waals surface area contributed by atoms with Crippen molar-refractivity contribution in [3.63, 3.8) is 0 Å². The number of aliphatic carboxylic acids is 1. The van der Waals surface area contributed by atoms with E-state index in [1.807, 2.05) is 17.0 Å². The van der Waals surface area contributed by atoms with E-state index in [4.69, 9.17) is 5.11 Å². The van der Waals surface area contributed by atoms with E-state index in [1.54, 1.807) is 4.52 Å². The zero-order valence-corrected chi connectivity index (χ0v) is 12.4. The molecule has 112 valence electrons. The average Bonchev–Trinajstić information content (AvgIpc) is 3.04. The molecule has 1 aliphatic rings. The first-order valence-corrected chi connectivity index (χ1v) is 7.07. The molecule has 0 aliphatic carbocycles. The molecule has 21 heavy (non-hydrogen) atoms. The Bertz CT molecular complexity index is 688. The van der Waals surface area contributed by atoms with E-state index in [2.05, 4.69) is 36.1 Å². The minimum atomic E-state index is -0.738. The highest BCUT2D eigenvalue weighted by atomic mass is 16.4. The lowest BCUT2D eigenvalue weighted by atomic mass is 9.96. The van der Waals surface area contributed by atoms with Crippen LogP contribution in [0.4, 0.5) is 5.82 Å². The fourth-order valence-corrected chi connectivity index (χ4v) is 2.59. The van der Waals surface area contributed by atoms with Crippen LogP contribution in [0, 0.1) is 5.92 Å². The predicted molar refractivity (Wildman–Crippen MR) is 77.4 cm³/mol. The molecule has 0 radical (unpaired) electrons. The smallest absolute Gasteiger partial charge is 0.308 e. The Hall–Kier alpha value is -2.18. The van der Waals surface area contributed by atoms with Crippen LogP contribution in [-0.4, -0.2) is 44.0 Å². The van der Waals surface area contributed by atoms with Gasteiger partial charge in [-0.15, -0.1) is 15.3 Å². The van der Waals surface area contributed by atoms with Gasteiger partial charge in [0.2, 0.25) is 0 Å². The molecule has 0 saturated carbocycles. The van der Waals surface area contributed by atoms with Gasteiger partial charge in [-0.3, -0.25) is 4.79 Å². The average molecular weight is 289 g/mol. The second-order valence-electron chi connectivity index (χ2n) is 6.50. The van der Waals surface area contributed by atoms with Crippen LogP contribution < -0.4 is 4.90 Å². The van der Waals surface area contributed by atoms with E-state index < -0.39 is 5.97 Å². The molecule has 0 aromatic carbocycles. The number of nitrogens with zero attached hydrogens (tertiary/aromatic N) is 5. The largest absolute Gasteiger partial charge is 0.481 e. The summed E-state index contributed by atoms with van der Waals surface area (Å²) in [5.41, 5.74) is 0.553. The third-order valence-electron chi connectivity index (χ3n) is 3.78. The molecule has 2 aromatic rings. The summed E-state index contributed by atoms with van der Waals surface area (Å²) in [6, 6.07) is 3.75. The maximum Gasteiger partial charge on any atom is 0.308 e. The third-order valence-corrected chi connectivity index (χ3v) is 3.78. The normalized spacial score (nSPS) is 19.4. The molecule has 1 aliphatic heterocycles. The Morgan fingerprint density at radius 1 is 1.33 bits per heavy atom. The van der Waals surface area contributed by atoms with Crippen molar-refractivity contribution in [2.75, 3.05) is 18.0 Å². The minimum absolute atomic E-state index is 0.153. The number of hydrogen-bond donors (Lipinski definition) is 1. The van der Waals surface area contributed by atoms with Crippen molar-refractivity contribution in [1.82, 2.24) is 19.8 Å². The second-order valence-corrected chi connectivity index (χ2v) is 6.50. The van der Waals surface area contributed by atoms with Gasteiger partial charge in [0.1, 0.15) is 5.82 Å². The summed E-state index contributed by atoms with van der Waals surface area (Å²) in [6.45, 7) is 7.40. The first kappa shape index (κ1) is 13.8. The highest BCUT2D eigenvalue weighted by Gasteiger charge is 2.29. The van der Waals surface area contributed by atoms with Crippen LogP contribution >= 0.6 is 0 Å². The maximum absolute atomic E-state index is 11.1. The summed E-state index contributed by atoms with van der Waals surface area (Å²) >= 11 is 0. The summed E-state index contributed by atoms with van der Waals surface area (Å²) < 4.78 is 1.75. The summed E-state index contributed by atoms with van der Waals surface area (Å²) in [5.74, 6) is 0.522. The highest BCUT2D eigenvalue weighted by Crippen LogP contribution is 2.24. The molecule has 1 unspecified atom stereocenters. The predicted octanol–water partition coefficient (Wildman–Crippen LogP) is 1.33. The third kappa shape index (κ3) is 2.43. The van der Waals surface area contributed by atoms with Crippen molar-refractivity contribution >= 4 is 17.4 Å². The van der Waals surface area contributed by atoms with E-state index in [1.165, 1.54) is 0 Å². The molecule has 1 N–H and O–H groups in total. The number of carbonyl (C=O) groups is 1. The number of anilines is 1. The number of hydrogen-bond acceptors (Lipinski definition) is 5. The molecule has 7 nitrogen and oxygen atoms in total. The standard InChI is InChI=1S/C14H19N5O2/c1-14(2,3)13-16-15-10-4-5-11(17-19(10)13)18-7-6-9(8-18)12(20)21/h4-5,9H,6-8H2,1-3H3,(H,20,21). The van der Waals surface area contributed by atoms with E-state index in [-0.39, 0.29) is 11.3 Å². The Kier molecular flexibility index (Phi) is 3.07. The Morgan fingerprint density at radius 3 is 2.71 bits per heavy atom. The van der Waals surface area contributed by atoms with Crippen molar-refractivity contribution in [2.45, 2.75) is 32.6 Å². The van der Waals surface area contributed by atoms with Gasteiger partial charge in [-0.2, -0.15) is 4.52 Å². The summed E-state index contributed by atoms with van der Waals surface area (Å²) in [7, 11) is 0. The molecular formula is C14H19N5O2. The zero-order chi connectivity index (χ0) is 15.2. The number of aromatic nitrogens is 4. The quantitative estimate of drug-likeness (QED) is 0.898. The van der Waals surface area contributed by atoms with Crippen molar-refractivity contribution in [2.24, 2.45) is 5.92 Å². The fraction of sp³-hybridized carbons (Fsp3) is 0.571. The number of carboxylic acids is 1. The molecule has 0 amide bonds. The van der Waals surface area contributed by atoms with Crippen LogP contribution in [0.5, 0.6) is 0 Å². The van der Waals surface area contributed by atoms with Crippen LogP contribution in [0.1, 0.15) is 33.0 Å². The Balaban J connectivity index is 1.96. The fourth-order valence-electron chi connectivity index (χ4n) is 2.59. The zero-order valence-electron chi connectivity index (χ0n) is 12.4. The molecule has 7 heteroatoms. The number of carboxylic acid groups (broad SMARTS) is 1. The first-order chi connectivity index (χ1) is 9.86. The van der Waals surface area contributed by atoms with Crippen LogP contribution in [0.25, 0.3) is 5.65 Å². The molecular weight excluding hydrogens is 270 g/mol. The van der Waals surface area contributed by atoms with Gasteiger partial charge < -0.3 is 10.0 Å². The van der Waals surface area contributed by atoms with E-state index in [0.29, 0.717) is 25.2 Å². The maximum atomic E-state index is 11.1. The van der Waals surface area contributed by atoms with E-state index >= 15 is 0 Å². The van der Waals surface area contributed by atoms with Crippen LogP contribution in [0.15, 0.2) is 12.1 Å². The van der Waals surface area contributed by atoms with Gasteiger partial charge in [0.25, 0.3) is 0 Å². The van der Waals surface area contributed by atoms with Gasteiger partial charge in [0.15, 0.2) is 11.5 Å². The van der Waals surface area contributed by atoms with Crippen molar-refractivity contribution in [1.29, 1.82) is 0 Å². The molecule has 1 saturated heterocycles. The highest BCUT2D eigenvalue weighted by molar-refractivity contribution is 5.71. The minimum Gasteiger partial charge on any atom is -0.481 e. The topological polar surface area (TPSA) is 83.6 Å². The molecule has 1 fully saturated rings. The Labute approximate surface area is 122 Å². The second kappa shape index (κ2) is 4.68. The SMILES string of the molecule is CC(C)(C)c1nnc2ccc(N3CCC(C(=O)O)C3)nn12. The van der Waals surface area contributed by atoms with Gasteiger partial charge in [-0.25, -0.2) is 0 Å². The van der Waals surface area contributed by atoms with Crippen LogP contribution in [0.2, 0.25) is 0 Å². The molecule has 1 atom stereocenters. The Morgan fingerprint density at radius 2 is 2.10 bits per heavy atom. The van der Waals surface area contributed by atoms with E-state index in [0.717, 1.165) is 11.6 Å². The van der Waals surface area contributed by atoms with Gasteiger partial charge in [0.05, 0.1) is 5.92 Å². The number of fused-ring (bicyclic) bond motifs is 1. The molecule has 2 aromatic heterocycles. The summed E-state index contributed by atoms with van der Waals surface area (Å²) in [6.07, 6.45) is 0.656.